The van der Waals surface area contributed by atoms with E-state index in [0.29, 0.717) is 13.2 Å². The zero-order chi connectivity index (χ0) is 12.4. The van der Waals surface area contributed by atoms with Gasteiger partial charge in [-0.2, -0.15) is 0 Å². The van der Waals surface area contributed by atoms with E-state index in [0.717, 1.165) is 0 Å². The average Bonchev–Trinajstić information content (AvgIpc) is 2.34. The van der Waals surface area contributed by atoms with Crippen molar-refractivity contribution in [1.82, 2.24) is 15.5 Å². The number of imide groups is 1. The predicted octanol–water partition coefficient (Wildman–Crippen LogP) is -2.15. The molecule has 0 saturated carbocycles. The Labute approximate surface area is 98.5 Å². The van der Waals surface area contributed by atoms with E-state index in [9.17, 15) is 14.4 Å². The number of nitrogens with one attached hydrogen (secondary N) is 2. The lowest BCUT2D eigenvalue weighted by atomic mass is 10.1. The zero-order valence-electron chi connectivity index (χ0n) is 9.56. The van der Waals surface area contributed by atoms with Gasteiger partial charge in [0.25, 0.3) is 0 Å². The summed E-state index contributed by atoms with van der Waals surface area (Å²) in [5, 5.41) is 5.20. The molecule has 2 fully saturated rings. The third kappa shape index (κ3) is 2.45. The first-order chi connectivity index (χ1) is 8.09. The summed E-state index contributed by atoms with van der Waals surface area (Å²) in [5.74, 6) is -1.15. The summed E-state index contributed by atoms with van der Waals surface area (Å²) in [6, 6.07) is -1.09. The normalized spacial score (nSPS) is 30.1. The molecule has 7 nitrogen and oxygen atoms in total. The summed E-state index contributed by atoms with van der Waals surface area (Å²) >= 11 is 0. The fourth-order valence-electron chi connectivity index (χ4n) is 1.91. The van der Waals surface area contributed by atoms with Crippen LogP contribution in [0.15, 0.2) is 0 Å². The van der Waals surface area contributed by atoms with E-state index in [2.05, 4.69) is 10.6 Å². The van der Waals surface area contributed by atoms with Crippen LogP contribution in [0.3, 0.4) is 0 Å². The van der Waals surface area contributed by atoms with Crippen molar-refractivity contribution < 1.29 is 19.1 Å². The van der Waals surface area contributed by atoms with Crippen LogP contribution in [-0.4, -0.2) is 61.0 Å². The lowest BCUT2D eigenvalue weighted by molar-refractivity contribution is -0.151. The van der Waals surface area contributed by atoms with Crippen molar-refractivity contribution in [3.63, 3.8) is 0 Å². The van der Waals surface area contributed by atoms with Gasteiger partial charge in [-0.15, -0.1) is 0 Å². The van der Waals surface area contributed by atoms with Crippen LogP contribution in [0.4, 0.5) is 0 Å². The number of hydrogen-bond acceptors (Lipinski definition) is 5. The Morgan fingerprint density at radius 3 is 2.88 bits per heavy atom. The Morgan fingerprint density at radius 1 is 1.47 bits per heavy atom. The van der Waals surface area contributed by atoms with Crippen molar-refractivity contribution in [2.75, 3.05) is 26.3 Å². The lowest BCUT2D eigenvalue weighted by Crippen LogP contribution is -2.63. The van der Waals surface area contributed by atoms with Crippen molar-refractivity contribution in [2.24, 2.45) is 0 Å². The van der Waals surface area contributed by atoms with Gasteiger partial charge in [0.2, 0.25) is 17.7 Å². The fraction of sp³-hybridized carbons (Fsp3) is 0.700. The molecule has 2 aliphatic rings. The Balaban J connectivity index is 2.06. The molecule has 2 unspecified atom stereocenters. The molecule has 2 atom stereocenters. The van der Waals surface area contributed by atoms with Gasteiger partial charge in [0.05, 0.1) is 13.2 Å². The number of hydrogen-bond donors (Lipinski definition) is 2. The van der Waals surface area contributed by atoms with Crippen molar-refractivity contribution in [3.05, 3.63) is 0 Å². The van der Waals surface area contributed by atoms with E-state index in [1.807, 2.05) is 0 Å². The number of morpholine rings is 1. The van der Waals surface area contributed by atoms with Gasteiger partial charge in [-0.05, 0) is 6.92 Å². The molecular formula is C10H15N3O4. The molecular weight excluding hydrogens is 226 g/mol. The maximum atomic E-state index is 12.1. The van der Waals surface area contributed by atoms with Crippen LogP contribution in [0.5, 0.6) is 0 Å². The summed E-state index contributed by atoms with van der Waals surface area (Å²) in [5.41, 5.74) is 0. The van der Waals surface area contributed by atoms with E-state index >= 15 is 0 Å². The molecule has 7 heteroatoms. The van der Waals surface area contributed by atoms with Crippen LogP contribution < -0.4 is 10.6 Å². The number of rotatable bonds is 1. The second kappa shape index (κ2) is 4.80. The molecule has 2 aliphatic heterocycles. The molecule has 0 spiro atoms. The quantitative estimate of drug-likeness (QED) is 0.511. The van der Waals surface area contributed by atoms with Crippen molar-refractivity contribution in [1.29, 1.82) is 0 Å². The molecule has 0 aliphatic carbocycles. The van der Waals surface area contributed by atoms with Crippen LogP contribution in [0.2, 0.25) is 0 Å². The number of amides is 3. The zero-order valence-corrected chi connectivity index (χ0v) is 9.56. The maximum absolute atomic E-state index is 12.1. The first kappa shape index (κ1) is 12.0. The van der Waals surface area contributed by atoms with Crippen LogP contribution in [-0.2, 0) is 19.1 Å². The van der Waals surface area contributed by atoms with E-state index in [4.69, 9.17) is 4.74 Å². The lowest BCUT2D eigenvalue weighted by Gasteiger charge is -2.35. The molecule has 3 amide bonds. The minimum Gasteiger partial charge on any atom is -0.378 e. The first-order valence-electron chi connectivity index (χ1n) is 5.55. The first-order valence-corrected chi connectivity index (χ1v) is 5.55. The molecule has 2 saturated heterocycles. The molecule has 2 rings (SSSR count). The number of nitrogens with zero attached hydrogens (tertiary/aromatic N) is 1. The molecule has 2 N–H and O–H groups in total. The minimum absolute atomic E-state index is 0.0794. The van der Waals surface area contributed by atoms with Gasteiger partial charge >= 0.3 is 0 Å². The highest BCUT2D eigenvalue weighted by molar-refractivity contribution is 6.04. The number of carbonyl (C=O) groups excluding carboxylic acids is 3. The summed E-state index contributed by atoms with van der Waals surface area (Å²) < 4.78 is 5.19. The fourth-order valence-corrected chi connectivity index (χ4v) is 1.91. The van der Waals surface area contributed by atoms with E-state index in [1.165, 1.54) is 4.90 Å². The third-order valence-electron chi connectivity index (χ3n) is 2.93. The summed E-state index contributed by atoms with van der Waals surface area (Å²) in [4.78, 5) is 36.1. The smallest absolute Gasteiger partial charge is 0.249 e. The molecule has 0 aromatic carbocycles. The number of piperazine rings is 1. The highest BCUT2D eigenvalue weighted by atomic mass is 16.5. The number of carbonyl (C=O) groups is 3. The third-order valence-corrected chi connectivity index (χ3v) is 2.93. The molecule has 0 bridgehead atoms. The Morgan fingerprint density at radius 2 is 2.24 bits per heavy atom. The maximum Gasteiger partial charge on any atom is 0.249 e. The van der Waals surface area contributed by atoms with E-state index < -0.39 is 23.9 Å². The molecule has 0 aromatic rings. The van der Waals surface area contributed by atoms with Gasteiger partial charge in [0.1, 0.15) is 18.6 Å². The second-order valence-corrected chi connectivity index (χ2v) is 4.14. The van der Waals surface area contributed by atoms with Gasteiger partial charge in [-0.25, -0.2) is 0 Å². The Kier molecular flexibility index (Phi) is 3.39. The Bertz CT molecular complexity index is 351. The highest BCUT2D eigenvalue weighted by Crippen LogP contribution is 2.08. The molecule has 0 aromatic heterocycles. The van der Waals surface area contributed by atoms with Crippen molar-refractivity contribution >= 4 is 17.7 Å². The van der Waals surface area contributed by atoms with Gasteiger partial charge in [-0.3, -0.25) is 19.7 Å². The minimum atomic E-state index is -0.621. The van der Waals surface area contributed by atoms with Gasteiger partial charge in [0.15, 0.2) is 0 Å². The van der Waals surface area contributed by atoms with Crippen LogP contribution >= 0.6 is 0 Å². The molecule has 94 valence electrons. The largest absolute Gasteiger partial charge is 0.378 e. The summed E-state index contributed by atoms with van der Waals surface area (Å²) in [6.07, 6.45) is 0. The summed E-state index contributed by atoms with van der Waals surface area (Å²) in [6.45, 7) is 2.96. The highest BCUT2D eigenvalue weighted by Gasteiger charge is 2.37. The predicted molar refractivity (Wildman–Crippen MR) is 56.9 cm³/mol. The Hall–Kier alpha value is -1.47. The van der Waals surface area contributed by atoms with Crippen LogP contribution in [0.25, 0.3) is 0 Å². The number of ether oxygens (including phenoxy) is 1. The SMILES string of the molecule is CC1C(=O)NC(=O)CN1C(=O)C1COCCN1. The van der Waals surface area contributed by atoms with Crippen LogP contribution in [0, 0.1) is 0 Å². The molecule has 0 radical (unpaired) electrons. The standard InChI is InChI=1S/C10H15N3O4/c1-6-9(15)12-8(14)4-13(6)10(16)7-5-17-3-2-11-7/h6-7,11H,2-5H2,1H3,(H,12,14,15). The van der Waals surface area contributed by atoms with Gasteiger partial charge in [0, 0.05) is 6.54 Å². The summed E-state index contributed by atoms with van der Waals surface area (Å²) in [7, 11) is 0. The van der Waals surface area contributed by atoms with E-state index in [-0.39, 0.29) is 19.1 Å². The van der Waals surface area contributed by atoms with E-state index in [1.54, 1.807) is 6.92 Å². The molecule has 2 heterocycles. The topological polar surface area (TPSA) is 87.7 Å². The van der Waals surface area contributed by atoms with Gasteiger partial charge < -0.3 is 15.0 Å². The van der Waals surface area contributed by atoms with Gasteiger partial charge in [-0.1, -0.05) is 0 Å². The molecule has 17 heavy (non-hydrogen) atoms. The second-order valence-electron chi connectivity index (χ2n) is 4.14. The van der Waals surface area contributed by atoms with Crippen molar-refractivity contribution in [3.8, 4) is 0 Å². The van der Waals surface area contributed by atoms with Crippen molar-refractivity contribution in [2.45, 2.75) is 19.0 Å². The average molecular weight is 241 g/mol. The van der Waals surface area contributed by atoms with Crippen LogP contribution in [0.1, 0.15) is 6.92 Å². The monoisotopic (exact) mass is 241 g/mol.